The maximum absolute atomic E-state index is 13.8. The highest BCUT2D eigenvalue weighted by atomic mass is 19.1. The van der Waals surface area contributed by atoms with E-state index in [0.29, 0.717) is 13.1 Å². The standard InChI is InChI=1S/C18H20FN5O3/c1-12-20-6-8-23(12)9-7-21-16(25)14-10-22-18(27)24(17(14)26)11-13-4-2-3-5-15(13)19/h2-6,8,14H,7,9-11H2,1H3,(H,21,25)(H,22,27). The molecule has 1 aliphatic heterocycles. The van der Waals surface area contributed by atoms with Crippen molar-refractivity contribution in [2.24, 2.45) is 5.92 Å². The van der Waals surface area contributed by atoms with Crippen molar-refractivity contribution in [2.75, 3.05) is 13.1 Å². The monoisotopic (exact) mass is 373 g/mol. The fourth-order valence-corrected chi connectivity index (χ4v) is 2.87. The molecule has 0 spiro atoms. The van der Waals surface area contributed by atoms with Crippen LogP contribution in [-0.4, -0.2) is 45.4 Å². The van der Waals surface area contributed by atoms with Gasteiger partial charge in [0.1, 0.15) is 17.6 Å². The molecule has 142 valence electrons. The van der Waals surface area contributed by atoms with Gasteiger partial charge in [-0.2, -0.15) is 0 Å². The van der Waals surface area contributed by atoms with E-state index >= 15 is 0 Å². The van der Waals surface area contributed by atoms with Gasteiger partial charge in [0.2, 0.25) is 11.8 Å². The molecule has 0 bridgehead atoms. The summed E-state index contributed by atoms with van der Waals surface area (Å²) in [5.74, 6) is -1.85. The molecular formula is C18H20FN5O3. The lowest BCUT2D eigenvalue weighted by atomic mass is 10.0. The number of benzene rings is 1. The van der Waals surface area contributed by atoms with E-state index in [1.54, 1.807) is 18.5 Å². The number of nitrogens with zero attached hydrogens (tertiary/aromatic N) is 3. The predicted molar refractivity (Wildman–Crippen MR) is 93.8 cm³/mol. The molecule has 3 rings (SSSR count). The lowest BCUT2D eigenvalue weighted by Gasteiger charge is -2.30. The summed E-state index contributed by atoms with van der Waals surface area (Å²) in [6.07, 6.45) is 3.46. The Labute approximate surface area is 155 Å². The van der Waals surface area contributed by atoms with Gasteiger partial charge in [0.25, 0.3) is 0 Å². The van der Waals surface area contributed by atoms with Crippen LogP contribution in [-0.2, 0) is 22.7 Å². The minimum absolute atomic E-state index is 0.0820. The van der Waals surface area contributed by atoms with Gasteiger partial charge in [-0.05, 0) is 13.0 Å². The molecule has 9 heteroatoms. The topological polar surface area (TPSA) is 96.3 Å². The van der Waals surface area contributed by atoms with Crippen LogP contribution in [0, 0.1) is 18.7 Å². The summed E-state index contributed by atoms with van der Waals surface area (Å²) in [7, 11) is 0. The number of hydrogen-bond acceptors (Lipinski definition) is 4. The van der Waals surface area contributed by atoms with Crippen molar-refractivity contribution in [2.45, 2.75) is 20.0 Å². The molecule has 27 heavy (non-hydrogen) atoms. The van der Waals surface area contributed by atoms with Gasteiger partial charge in [0.15, 0.2) is 0 Å². The molecule has 1 aromatic heterocycles. The number of hydrogen-bond donors (Lipinski definition) is 2. The Hall–Kier alpha value is -3.23. The molecule has 2 heterocycles. The second-order valence-electron chi connectivity index (χ2n) is 6.21. The van der Waals surface area contributed by atoms with Gasteiger partial charge < -0.3 is 15.2 Å². The summed E-state index contributed by atoms with van der Waals surface area (Å²) in [4.78, 5) is 42.0. The quantitative estimate of drug-likeness (QED) is 0.733. The van der Waals surface area contributed by atoms with Crippen LogP contribution < -0.4 is 10.6 Å². The number of imidazole rings is 1. The molecule has 1 aliphatic rings. The third-order valence-electron chi connectivity index (χ3n) is 4.45. The SMILES string of the molecule is Cc1nccn1CCNC(=O)C1CNC(=O)N(Cc2ccccc2F)C1=O. The average molecular weight is 373 g/mol. The number of nitrogens with one attached hydrogen (secondary N) is 2. The second kappa shape index (κ2) is 7.98. The summed E-state index contributed by atoms with van der Waals surface area (Å²) in [6, 6.07) is 5.25. The lowest BCUT2D eigenvalue weighted by Crippen LogP contribution is -2.58. The predicted octanol–water partition coefficient (Wildman–Crippen LogP) is 0.815. The Bertz CT molecular complexity index is 866. The van der Waals surface area contributed by atoms with E-state index in [-0.39, 0.29) is 18.7 Å². The molecular weight excluding hydrogens is 353 g/mol. The van der Waals surface area contributed by atoms with Crippen LogP contribution in [0.1, 0.15) is 11.4 Å². The first-order valence-corrected chi connectivity index (χ1v) is 8.55. The minimum Gasteiger partial charge on any atom is -0.354 e. The number of aryl methyl sites for hydroxylation is 1. The van der Waals surface area contributed by atoms with Gasteiger partial charge in [0.05, 0.1) is 6.54 Å². The summed E-state index contributed by atoms with van der Waals surface area (Å²) >= 11 is 0. The molecule has 1 fully saturated rings. The zero-order valence-corrected chi connectivity index (χ0v) is 14.8. The molecule has 0 saturated carbocycles. The lowest BCUT2D eigenvalue weighted by molar-refractivity contribution is -0.141. The van der Waals surface area contributed by atoms with E-state index in [1.165, 1.54) is 18.2 Å². The van der Waals surface area contributed by atoms with Crippen LogP contribution in [0.2, 0.25) is 0 Å². The molecule has 2 aromatic rings. The van der Waals surface area contributed by atoms with Gasteiger partial charge in [0, 0.05) is 37.6 Å². The highest BCUT2D eigenvalue weighted by molar-refractivity contribution is 6.08. The molecule has 2 N–H and O–H groups in total. The number of halogens is 1. The van der Waals surface area contributed by atoms with Gasteiger partial charge in [-0.3, -0.25) is 14.5 Å². The minimum atomic E-state index is -1.04. The molecule has 0 aliphatic carbocycles. The number of rotatable bonds is 6. The maximum atomic E-state index is 13.8. The van der Waals surface area contributed by atoms with Crippen LogP contribution in [0.25, 0.3) is 0 Å². The van der Waals surface area contributed by atoms with Crippen LogP contribution in [0.5, 0.6) is 0 Å². The van der Waals surface area contributed by atoms with Crippen molar-refractivity contribution in [1.29, 1.82) is 0 Å². The summed E-state index contributed by atoms with van der Waals surface area (Å²) in [6.45, 7) is 2.38. The highest BCUT2D eigenvalue weighted by Gasteiger charge is 2.38. The van der Waals surface area contributed by atoms with Gasteiger partial charge in [-0.15, -0.1) is 0 Å². The Morgan fingerprint density at radius 3 is 2.85 bits per heavy atom. The average Bonchev–Trinajstić information content (AvgIpc) is 3.05. The largest absolute Gasteiger partial charge is 0.354 e. The maximum Gasteiger partial charge on any atom is 0.324 e. The van der Waals surface area contributed by atoms with Gasteiger partial charge in [-0.1, -0.05) is 18.2 Å². The third-order valence-corrected chi connectivity index (χ3v) is 4.45. The van der Waals surface area contributed by atoms with Crippen molar-refractivity contribution in [3.05, 3.63) is 53.9 Å². The Morgan fingerprint density at radius 2 is 2.15 bits per heavy atom. The first kappa shape index (κ1) is 18.6. The van der Waals surface area contributed by atoms with Crippen molar-refractivity contribution in [3.63, 3.8) is 0 Å². The third kappa shape index (κ3) is 4.13. The number of urea groups is 1. The first-order chi connectivity index (χ1) is 13.0. The summed E-state index contributed by atoms with van der Waals surface area (Å²) in [5.41, 5.74) is 0.206. The van der Waals surface area contributed by atoms with Crippen LogP contribution in [0.15, 0.2) is 36.7 Å². The summed E-state index contributed by atoms with van der Waals surface area (Å²) < 4.78 is 15.7. The van der Waals surface area contributed by atoms with E-state index in [0.717, 1.165) is 10.7 Å². The smallest absolute Gasteiger partial charge is 0.324 e. The second-order valence-corrected chi connectivity index (χ2v) is 6.21. The molecule has 1 unspecified atom stereocenters. The molecule has 0 radical (unpaired) electrons. The Balaban J connectivity index is 1.61. The van der Waals surface area contributed by atoms with Crippen molar-refractivity contribution < 1.29 is 18.8 Å². The van der Waals surface area contributed by atoms with E-state index in [9.17, 15) is 18.8 Å². The fourth-order valence-electron chi connectivity index (χ4n) is 2.87. The van der Waals surface area contributed by atoms with Gasteiger partial charge >= 0.3 is 6.03 Å². The van der Waals surface area contributed by atoms with Crippen LogP contribution in [0.4, 0.5) is 9.18 Å². The number of carbonyl (C=O) groups is 3. The fraction of sp³-hybridized carbons (Fsp3) is 0.333. The molecule has 1 aromatic carbocycles. The van der Waals surface area contributed by atoms with E-state index in [4.69, 9.17) is 0 Å². The first-order valence-electron chi connectivity index (χ1n) is 8.55. The van der Waals surface area contributed by atoms with Gasteiger partial charge in [-0.25, -0.2) is 14.2 Å². The molecule has 1 saturated heterocycles. The molecule has 1 atom stereocenters. The number of imide groups is 1. The Kier molecular flexibility index (Phi) is 5.49. The van der Waals surface area contributed by atoms with Crippen LogP contribution >= 0.6 is 0 Å². The normalized spacial score (nSPS) is 17.0. The summed E-state index contributed by atoms with van der Waals surface area (Å²) in [5, 5.41) is 5.21. The zero-order chi connectivity index (χ0) is 19.4. The number of carbonyl (C=O) groups excluding carboxylic acids is 3. The van der Waals surface area contributed by atoms with Crippen molar-refractivity contribution in [1.82, 2.24) is 25.1 Å². The van der Waals surface area contributed by atoms with E-state index < -0.39 is 29.6 Å². The van der Waals surface area contributed by atoms with E-state index in [1.807, 2.05) is 11.5 Å². The molecule has 4 amide bonds. The number of amides is 4. The zero-order valence-electron chi connectivity index (χ0n) is 14.8. The molecule has 8 nitrogen and oxygen atoms in total. The highest BCUT2D eigenvalue weighted by Crippen LogP contribution is 2.16. The number of aromatic nitrogens is 2. The van der Waals surface area contributed by atoms with Crippen molar-refractivity contribution >= 4 is 17.8 Å². The Morgan fingerprint density at radius 1 is 1.37 bits per heavy atom. The van der Waals surface area contributed by atoms with E-state index in [2.05, 4.69) is 15.6 Å². The van der Waals surface area contributed by atoms with Crippen molar-refractivity contribution in [3.8, 4) is 0 Å². The van der Waals surface area contributed by atoms with Crippen LogP contribution in [0.3, 0.4) is 0 Å².